The SMILES string of the molecule is O=C(N1CCOCC(Cc2cccc3ncccc23)C1)C1(c2ccc(F)cc2)CCCC1. The number of hydrogen-bond acceptors (Lipinski definition) is 3. The topological polar surface area (TPSA) is 42.4 Å². The number of amides is 1. The normalized spacial score (nSPS) is 20.9. The first kappa shape index (κ1) is 21.1. The van der Waals surface area contributed by atoms with Crippen LogP contribution < -0.4 is 0 Å². The first-order chi connectivity index (χ1) is 15.7. The highest BCUT2D eigenvalue weighted by Crippen LogP contribution is 2.43. The van der Waals surface area contributed by atoms with Gasteiger partial charge in [-0.3, -0.25) is 9.78 Å². The van der Waals surface area contributed by atoms with Crippen molar-refractivity contribution in [2.24, 2.45) is 5.92 Å². The van der Waals surface area contributed by atoms with Crippen molar-refractivity contribution in [3.63, 3.8) is 0 Å². The Morgan fingerprint density at radius 1 is 1.09 bits per heavy atom. The maximum atomic E-state index is 13.9. The van der Waals surface area contributed by atoms with Gasteiger partial charge in [0.2, 0.25) is 5.91 Å². The maximum Gasteiger partial charge on any atom is 0.233 e. The second-order valence-electron chi connectivity index (χ2n) is 9.18. The fourth-order valence-corrected chi connectivity index (χ4v) is 5.52. The molecule has 0 N–H and O–H groups in total. The summed E-state index contributed by atoms with van der Waals surface area (Å²) in [6, 6.07) is 16.9. The number of ether oxygens (including phenoxy) is 1. The van der Waals surface area contributed by atoms with Crippen LogP contribution in [-0.4, -0.2) is 42.1 Å². The molecule has 0 spiro atoms. The molecule has 5 heteroatoms. The molecule has 1 saturated heterocycles. The van der Waals surface area contributed by atoms with E-state index in [1.165, 1.54) is 17.7 Å². The Kier molecular flexibility index (Phi) is 5.92. The molecule has 1 saturated carbocycles. The molecule has 1 aliphatic carbocycles. The molecular formula is C27H29FN2O2. The van der Waals surface area contributed by atoms with Crippen LogP contribution >= 0.6 is 0 Å². The lowest BCUT2D eigenvalue weighted by Crippen LogP contribution is -2.47. The van der Waals surface area contributed by atoms with Gasteiger partial charge in [-0.15, -0.1) is 0 Å². The van der Waals surface area contributed by atoms with E-state index in [1.54, 1.807) is 12.1 Å². The van der Waals surface area contributed by atoms with Crippen molar-refractivity contribution in [1.82, 2.24) is 9.88 Å². The van der Waals surface area contributed by atoms with Crippen LogP contribution in [0.5, 0.6) is 0 Å². The molecule has 32 heavy (non-hydrogen) atoms. The molecular weight excluding hydrogens is 403 g/mol. The van der Waals surface area contributed by atoms with E-state index >= 15 is 0 Å². The Hall–Kier alpha value is -2.79. The average Bonchev–Trinajstić information content (AvgIpc) is 3.21. The van der Waals surface area contributed by atoms with Crippen molar-refractivity contribution in [3.8, 4) is 0 Å². The van der Waals surface area contributed by atoms with Gasteiger partial charge in [-0.25, -0.2) is 4.39 Å². The van der Waals surface area contributed by atoms with Gasteiger partial charge in [0.15, 0.2) is 0 Å². The van der Waals surface area contributed by atoms with Gasteiger partial charge in [0.25, 0.3) is 0 Å². The van der Waals surface area contributed by atoms with Crippen LogP contribution in [0.25, 0.3) is 10.9 Å². The van der Waals surface area contributed by atoms with E-state index in [1.807, 2.05) is 29.3 Å². The van der Waals surface area contributed by atoms with Crippen LogP contribution in [0, 0.1) is 11.7 Å². The minimum Gasteiger partial charge on any atom is -0.379 e. The predicted molar refractivity (Wildman–Crippen MR) is 123 cm³/mol. The molecule has 1 amide bonds. The molecule has 3 aromatic rings. The van der Waals surface area contributed by atoms with Gasteiger partial charge in [0.05, 0.1) is 24.1 Å². The molecule has 2 heterocycles. The molecule has 1 atom stereocenters. The third-order valence-corrected chi connectivity index (χ3v) is 7.13. The Bertz CT molecular complexity index is 1090. The lowest BCUT2D eigenvalue weighted by Gasteiger charge is -2.35. The Balaban J connectivity index is 1.39. The summed E-state index contributed by atoms with van der Waals surface area (Å²) in [4.78, 5) is 20.4. The number of hydrogen-bond donors (Lipinski definition) is 0. The molecule has 1 aliphatic heterocycles. The summed E-state index contributed by atoms with van der Waals surface area (Å²) in [5, 5.41) is 1.16. The zero-order chi connectivity index (χ0) is 22.0. The van der Waals surface area contributed by atoms with Gasteiger partial charge in [-0.05, 0) is 54.7 Å². The Morgan fingerprint density at radius 3 is 2.72 bits per heavy atom. The van der Waals surface area contributed by atoms with Crippen molar-refractivity contribution in [3.05, 3.63) is 77.7 Å². The van der Waals surface area contributed by atoms with Gasteiger partial charge >= 0.3 is 0 Å². The van der Waals surface area contributed by atoms with Crippen molar-refractivity contribution in [2.45, 2.75) is 37.5 Å². The van der Waals surface area contributed by atoms with E-state index in [9.17, 15) is 9.18 Å². The number of rotatable bonds is 4. The first-order valence-corrected chi connectivity index (χ1v) is 11.6. The van der Waals surface area contributed by atoms with Gasteiger partial charge in [0.1, 0.15) is 5.82 Å². The van der Waals surface area contributed by atoms with E-state index in [4.69, 9.17) is 4.74 Å². The van der Waals surface area contributed by atoms with Crippen LogP contribution in [0.15, 0.2) is 60.8 Å². The summed E-state index contributed by atoms with van der Waals surface area (Å²) < 4.78 is 19.5. The third kappa shape index (κ3) is 4.02. The Labute approximate surface area is 188 Å². The van der Waals surface area contributed by atoms with Crippen LogP contribution in [0.2, 0.25) is 0 Å². The smallest absolute Gasteiger partial charge is 0.233 e. The fraction of sp³-hybridized carbons (Fsp3) is 0.407. The minimum atomic E-state index is -0.536. The van der Waals surface area contributed by atoms with Gasteiger partial charge in [-0.2, -0.15) is 0 Å². The van der Waals surface area contributed by atoms with Gasteiger partial charge in [0, 0.05) is 30.6 Å². The van der Waals surface area contributed by atoms with Crippen LogP contribution in [-0.2, 0) is 21.4 Å². The number of carbonyl (C=O) groups excluding carboxylic acids is 1. The quantitative estimate of drug-likeness (QED) is 0.589. The van der Waals surface area contributed by atoms with Crippen LogP contribution in [0.3, 0.4) is 0 Å². The molecule has 0 radical (unpaired) electrons. The van der Waals surface area contributed by atoms with Gasteiger partial charge < -0.3 is 9.64 Å². The van der Waals surface area contributed by atoms with Crippen LogP contribution in [0.4, 0.5) is 4.39 Å². The number of pyridine rings is 1. The zero-order valence-electron chi connectivity index (χ0n) is 18.3. The first-order valence-electron chi connectivity index (χ1n) is 11.6. The molecule has 2 aliphatic rings. The molecule has 4 nitrogen and oxygen atoms in total. The second kappa shape index (κ2) is 8.99. The van der Waals surface area contributed by atoms with E-state index < -0.39 is 5.41 Å². The number of benzene rings is 2. The van der Waals surface area contributed by atoms with Crippen molar-refractivity contribution in [1.29, 1.82) is 0 Å². The van der Waals surface area contributed by atoms with E-state index in [2.05, 4.69) is 17.1 Å². The number of carbonyl (C=O) groups is 1. The third-order valence-electron chi connectivity index (χ3n) is 7.13. The number of halogens is 1. The molecule has 2 aromatic carbocycles. The number of nitrogens with zero attached hydrogens (tertiary/aromatic N) is 2. The summed E-state index contributed by atoms with van der Waals surface area (Å²) in [5.74, 6) is 0.137. The van der Waals surface area contributed by atoms with Gasteiger partial charge in [-0.1, -0.05) is 43.2 Å². The monoisotopic (exact) mass is 432 g/mol. The zero-order valence-corrected chi connectivity index (χ0v) is 18.3. The average molecular weight is 433 g/mol. The summed E-state index contributed by atoms with van der Waals surface area (Å²) >= 11 is 0. The second-order valence-corrected chi connectivity index (χ2v) is 9.18. The summed E-state index contributed by atoms with van der Waals surface area (Å²) in [7, 11) is 0. The van der Waals surface area contributed by atoms with Crippen molar-refractivity contribution < 1.29 is 13.9 Å². The van der Waals surface area contributed by atoms with Crippen LogP contribution in [0.1, 0.15) is 36.8 Å². The van der Waals surface area contributed by atoms with Crippen molar-refractivity contribution >= 4 is 16.8 Å². The molecule has 2 fully saturated rings. The van der Waals surface area contributed by atoms with E-state index in [0.717, 1.165) is 48.6 Å². The predicted octanol–water partition coefficient (Wildman–Crippen LogP) is 4.90. The number of aromatic nitrogens is 1. The fourth-order valence-electron chi connectivity index (χ4n) is 5.52. The molecule has 5 rings (SSSR count). The number of fused-ring (bicyclic) bond motifs is 1. The maximum absolute atomic E-state index is 13.9. The molecule has 1 unspecified atom stereocenters. The molecule has 1 aromatic heterocycles. The molecule has 166 valence electrons. The van der Waals surface area contributed by atoms with E-state index in [-0.39, 0.29) is 17.6 Å². The largest absolute Gasteiger partial charge is 0.379 e. The Morgan fingerprint density at radius 2 is 1.91 bits per heavy atom. The molecule has 0 bridgehead atoms. The highest BCUT2D eigenvalue weighted by molar-refractivity contribution is 5.89. The lowest BCUT2D eigenvalue weighted by atomic mass is 9.77. The summed E-state index contributed by atoms with van der Waals surface area (Å²) in [6.45, 7) is 2.48. The van der Waals surface area contributed by atoms with Crippen molar-refractivity contribution in [2.75, 3.05) is 26.3 Å². The summed E-state index contributed by atoms with van der Waals surface area (Å²) in [6.07, 6.45) is 6.37. The van der Waals surface area contributed by atoms with E-state index in [0.29, 0.717) is 26.3 Å². The minimum absolute atomic E-state index is 0.177. The summed E-state index contributed by atoms with van der Waals surface area (Å²) in [5.41, 5.74) is 2.65. The lowest BCUT2D eigenvalue weighted by molar-refractivity contribution is -0.137. The highest BCUT2D eigenvalue weighted by Gasteiger charge is 2.45. The standard InChI is InChI=1S/C27H29FN2O2/c28-23-10-8-22(9-11-23)27(12-1-2-13-27)26(31)30-15-16-32-19-20(18-30)17-21-5-3-7-25-24(21)6-4-14-29-25/h3-11,14,20H,1-2,12-13,15-19H2. The highest BCUT2D eigenvalue weighted by atomic mass is 19.1.